The van der Waals surface area contributed by atoms with E-state index in [-0.39, 0.29) is 40.8 Å². The number of rotatable bonds is 7. The molecule has 2 aromatic rings. The minimum atomic E-state index is -0.647. The lowest BCUT2D eigenvalue weighted by molar-refractivity contribution is -0.385. The van der Waals surface area contributed by atoms with Gasteiger partial charge in [0.15, 0.2) is 12.9 Å². The van der Waals surface area contributed by atoms with Crippen LogP contribution in [0.3, 0.4) is 0 Å². The van der Waals surface area contributed by atoms with Crippen molar-refractivity contribution in [2.45, 2.75) is 32.5 Å². The van der Waals surface area contributed by atoms with Crippen molar-refractivity contribution < 1.29 is 23.6 Å². The van der Waals surface area contributed by atoms with Crippen LogP contribution in [-0.4, -0.2) is 58.7 Å². The summed E-state index contributed by atoms with van der Waals surface area (Å²) in [6, 6.07) is 10.3. The van der Waals surface area contributed by atoms with Gasteiger partial charge in [-0.05, 0) is 37.6 Å². The van der Waals surface area contributed by atoms with Gasteiger partial charge in [-0.3, -0.25) is 24.6 Å². The summed E-state index contributed by atoms with van der Waals surface area (Å²) in [5.41, 5.74) is 0.650. The molecule has 2 atom stereocenters. The van der Waals surface area contributed by atoms with Crippen molar-refractivity contribution in [2.24, 2.45) is 0 Å². The Labute approximate surface area is 179 Å². The van der Waals surface area contributed by atoms with Crippen LogP contribution < -0.4 is 4.74 Å². The first-order valence-corrected chi connectivity index (χ1v) is 9.93. The monoisotopic (exact) mass is 429 g/mol. The molecule has 0 unspecified atom stereocenters. The second-order valence-electron chi connectivity index (χ2n) is 7.66. The number of benzene rings is 2. The van der Waals surface area contributed by atoms with E-state index in [2.05, 4.69) is 4.90 Å². The van der Waals surface area contributed by atoms with Crippen molar-refractivity contribution in [3.8, 4) is 5.75 Å². The third-order valence-electron chi connectivity index (χ3n) is 5.42. The van der Waals surface area contributed by atoms with Gasteiger partial charge in [0, 0.05) is 37.8 Å². The van der Waals surface area contributed by atoms with Crippen LogP contribution in [0.25, 0.3) is 0 Å². The van der Waals surface area contributed by atoms with E-state index in [1.165, 1.54) is 30.3 Å². The molecule has 1 aliphatic heterocycles. The Balaban J connectivity index is 1.64. The zero-order valence-electron chi connectivity index (χ0n) is 17.4. The molecule has 0 radical (unpaired) electrons. The molecule has 0 N–H and O–H groups in total. The molecular weight excluding hydrogens is 405 g/mol. The zero-order chi connectivity index (χ0) is 22.5. The Hall–Kier alpha value is -3.33. The number of aldehydes is 1. The number of hydrogen-bond acceptors (Lipinski definition) is 6. The molecular formula is C22H24FN3O5. The van der Waals surface area contributed by atoms with Crippen molar-refractivity contribution in [1.82, 2.24) is 9.80 Å². The van der Waals surface area contributed by atoms with Gasteiger partial charge in [0.25, 0.3) is 5.91 Å². The van der Waals surface area contributed by atoms with E-state index in [9.17, 15) is 24.1 Å². The normalized spacial score (nSPS) is 19.1. The first-order chi connectivity index (χ1) is 14.8. The first-order valence-electron chi connectivity index (χ1n) is 9.93. The molecule has 164 valence electrons. The maximum Gasteiger partial charge on any atom is 0.311 e. The van der Waals surface area contributed by atoms with E-state index in [0.717, 1.165) is 5.56 Å². The Morgan fingerprint density at radius 3 is 2.55 bits per heavy atom. The molecule has 1 heterocycles. The summed E-state index contributed by atoms with van der Waals surface area (Å²) in [4.78, 5) is 38.5. The predicted molar refractivity (Wildman–Crippen MR) is 111 cm³/mol. The van der Waals surface area contributed by atoms with Gasteiger partial charge in [0.1, 0.15) is 5.82 Å². The van der Waals surface area contributed by atoms with Crippen molar-refractivity contribution >= 4 is 17.9 Å². The minimum absolute atomic E-state index is 0.0209. The fraction of sp³-hybridized carbons (Fsp3) is 0.364. The zero-order valence-corrected chi connectivity index (χ0v) is 17.4. The number of hydrogen-bond donors (Lipinski definition) is 0. The number of para-hydroxylation sites is 1. The lowest BCUT2D eigenvalue weighted by atomic mass is 10.1. The molecule has 1 fully saturated rings. The highest BCUT2D eigenvalue weighted by atomic mass is 19.1. The van der Waals surface area contributed by atoms with Crippen LogP contribution in [-0.2, 0) is 11.3 Å². The summed E-state index contributed by atoms with van der Waals surface area (Å²) in [5, 5.41) is 11.2. The molecule has 3 rings (SSSR count). The van der Waals surface area contributed by atoms with Crippen molar-refractivity contribution in [3.05, 3.63) is 69.5 Å². The molecule has 8 nitrogen and oxygen atoms in total. The number of nitrogens with zero attached hydrogens (tertiary/aromatic N) is 3. The Morgan fingerprint density at radius 1 is 1.19 bits per heavy atom. The highest BCUT2D eigenvalue weighted by Crippen LogP contribution is 2.30. The van der Waals surface area contributed by atoms with E-state index in [1.807, 2.05) is 13.8 Å². The number of halogens is 1. The van der Waals surface area contributed by atoms with E-state index in [1.54, 1.807) is 17.0 Å². The maximum atomic E-state index is 13.1. The average Bonchev–Trinajstić information content (AvgIpc) is 2.75. The molecule has 1 aliphatic rings. The van der Waals surface area contributed by atoms with Gasteiger partial charge >= 0.3 is 5.69 Å². The van der Waals surface area contributed by atoms with Gasteiger partial charge in [-0.1, -0.05) is 18.2 Å². The molecule has 0 spiro atoms. The van der Waals surface area contributed by atoms with Gasteiger partial charge in [-0.2, -0.15) is 0 Å². The summed E-state index contributed by atoms with van der Waals surface area (Å²) in [6.07, 6.45) is 0.464. The summed E-state index contributed by atoms with van der Waals surface area (Å²) >= 11 is 0. The van der Waals surface area contributed by atoms with E-state index in [0.29, 0.717) is 25.9 Å². The molecule has 0 aliphatic carbocycles. The summed E-state index contributed by atoms with van der Waals surface area (Å²) in [7, 11) is 0. The second-order valence-corrected chi connectivity index (χ2v) is 7.66. The number of carbonyl (C=O) groups excluding carboxylic acids is 2. The Morgan fingerprint density at radius 2 is 1.90 bits per heavy atom. The number of piperazine rings is 1. The molecule has 9 heteroatoms. The molecule has 0 bridgehead atoms. The Kier molecular flexibility index (Phi) is 6.96. The molecule has 1 amide bonds. The highest BCUT2D eigenvalue weighted by Gasteiger charge is 2.32. The van der Waals surface area contributed by atoms with E-state index in [4.69, 9.17) is 4.74 Å². The first kappa shape index (κ1) is 22.4. The quantitative estimate of drug-likeness (QED) is 0.382. The number of nitro benzene ring substituents is 1. The fourth-order valence-electron chi connectivity index (χ4n) is 3.74. The van der Waals surface area contributed by atoms with E-state index >= 15 is 0 Å². The topological polar surface area (TPSA) is 93.0 Å². The molecule has 1 saturated heterocycles. The van der Waals surface area contributed by atoms with Crippen LogP contribution in [0.15, 0.2) is 42.5 Å². The lowest BCUT2D eigenvalue weighted by Crippen LogP contribution is -2.58. The van der Waals surface area contributed by atoms with Gasteiger partial charge in [-0.15, -0.1) is 0 Å². The minimum Gasteiger partial charge on any atom is -0.476 e. The smallest absolute Gasteiger partial charge is 0.311 e. The van der Waals surface area contributed by atoms with Crippen LogP contribution in [0.4, 0.5) is 10.1 Å². The number of nitro groups is 1. The van der Waals surface area contributed by atoms with Crippen LogP contribution >= 0.6 is 0 Å². The van der Waals surface area contributed by atoms with Crippen LogP contribution in [0, 0.1) is 15.9 Å². The van der Waals surface area contributed by atoms with Crippen molar-refractivity contribution in [3.63, 3.8) is 0 Å². The van der Waals surface area contributed by atoms with Crippen LogP contribution in [0.5, 0.6) is 5.75 Å². The number of ether oxygens (including phenoxy) is 1. The number of amides is 1. The van der Waals surface area contributed by atoms with E-state index < -0.39 is 11.5 Å². The summed E-state index contributed by atoms with van der Waals surface area (Å²) < 4.78 is 18.6. The van der Waals surface area contributed by atoms with Gasteiger partial charge in [0.05, 0.1) is 10.5 Å². The largest absolute Gasteiger partial charge is 0.476 e. The predicted octanol–water partition coefficient (Wildman–Crippen LogP) is 3.05. The standard InChI is InChI=1S/C22H24FN3O5/c1-15-11-25(16(2)10-24(15)12-17-6-8-19(23)9-7-17)21(28)14-31-22-18(13-27)4-3-5-20(22)26(29)30/h3-9,13,15-16H,10-12,14H2,1-2H3/t15-,16+/m0/s1. The van der Waals surface area contributed by atoms with Gasteiger partial charge < -0.3 is 9.64 Å². The van der Waals surface area contributed by atoms with Crippen molar-refractivity contribution in [2.75, 3.05) is 19.7 Å². The van der Waals surface area contributed by atoms with Crippen LogP contribution in [0.2, 0.25) is 0 Å². The Bertz CT molecular complexity index is 966. The molecule has 0 saturated carbocycles. The maximum absolute atomic E-state index is 13.1. The third kappa shape index (κ3) is 5.24. The number of carbonyl (C=O) groups is 2. The summed E-state index contributed by atoms with van der Waals surface area (Å²) in [6.45, 7) is 5.24. The summed E-state index contributed by atoms with van der Waals surface area (Å²) in [5.74, 6) is -0.792. The third-order valence-corrected chi connectivity index (χ3v) is 5.42. The highest BCUT2D eigenvalue weighted by molar-refractivity contribution is 5.83. The van der Waals surface area contributed by atoms with Crippen LogP contribution in [0.1, 0.15) is 29.8 Å². The van der Waals surface area contributed by atoms with Gasteiger partial charge in [-0.25, -0.2) is 4.39 Å². The fourth-order valence-corrected chi connectivity index (χ4v) is 3.74. The molecule has 31 heavy (non-hydrogen) atoms. The lowest BCUT2D eigenvalue weighted by Gasteiger charge is -2.44. The van der Waals surface area contributed by atoms with Crippen molar-refractivity contribution in [1.29, 1.82) is 0 Å². The molecule has 2 aromatic carbocycles. The second kappa shape index (κ2) is 9.65. The SMILES string of the molecule is C[C@@H]1CN(Cc2ccc(F)cc2)[C@@H](C)CN1C(=O)COc1c(C=O)cccc1[N+](=O)[O-]. The molecule has 0 aromatic heterocycles. The average molecular weight is 429 g/mol. The van der Waals surface area contributed by atoms with Gasteiger partial charge in [0.2, 0.25) is 5.75 Å².